The summed E-state index contributed by atoms with van der Waals surface area (Å²) in [6, 6.07) is 8.28. The van der Waals surface area contributed by atoms with Crippen LogP contribution in [0, 0.1) is 19.3 Å². The van der Waals surface area contributed by atoms with Crippen molar-refractivity contribution in [2.24, 2.45) is 0 Å². The number of hydrogen-bond acceptors (Lipinski definition) is 2. The van der Waals surface area contributed by atoms with Gasteiger partial charge in [0, 0.05) is 12.8 Å². The maximum atomic E-state index is 5.72. The largest absolute Gasteiger partial charge is 0.381 e. The molecule has 0 radical (unpaired) electrons. The van der Waals surface area contributed by atoms with Gasteiger partial charge in [0.05, 0.1) is 6.61 Å². The highest BCUT2D eigenvalue weighted by Gasteiger charge is 2.26. The van der Waals surface area contributed by atoms with Gasteiger partial charge >= 0.3 is 0 Å². The second-order valence-electron chi connectivity index (χ2n) is 4.75. The Hall–Kier alpha value is -1.46. The molecule has 1 unspecified atom stereocenters. The Morgan fingerprint density at radius 1 is 1.33 bits per heavy atom. The van der Waals surface area contributed by atoms with Crippen LogP contribution in [0.3, 0.4) is 0 Å². The SMILES string of the molecule is C#CC(CCCC)(COC)Nc1ccc(C)cc1. The van der Waals surface area contributed by atoms with Gasteiger partial charge in [0.1, 0.15) is 5.54 Å². The summed E-state index contributed by atoms with van der Waals surface area (Å²) in [5.41, 5.74) is 1.89. The van der Waals surface area contributed by atoms with Crippen molar-refractivity contribution in [1.29, 1.82) is 0 Å². The highest BCUT2D eigenvalue weighted by atomic mass is 16.5. The van der Waals surface area contributed by atoms with Crippen molar-refractivity contribution in [1.82, 2.24) is 0 Å². The van der Waals surface area contributed by atoms with Gasteiger partial charge in [-0.05, 0) is 25.5 Å². The number of nitrogens with one attached hydrogen (secondary N) is 1. The zero-order valence-corrected chi connectivity index (χ0v) is 11.6. The van der Waals surface area contributed by atoms with Gasteiger partial charge in [0.25, 0.3) is 0 Å². The molecule has 0 saturated carbocycles. The van der Waals surface area contributed by atoms with E-state index in [2.05, 4.69) is 49.4 Å². The fourth-order valence-electron chi connectivity index (χ4n) is 1.96. The van der Waals surface area contributed by atoms with E-state index in [-0.39, 0.29) is 0 Å². The van der Waals surface area contributed by atoms with Crippen molar-refractivity contribution < 1.29 is 4.74 Å². The average molecular weight is 245 g/mol. The Kier molecular flexibility index (Phi) is 5.74. The summed E-state index contributed by atoms with van der Waals surface area (Å²) < 4.78 is 5.29. The molecule has 0 fully saturated rings. The molecule has 1 aromatic carbocycles. The molecule has 1 rings (SSSR count). The summed E-state index contributed by atoms with van der Waals surface area (Å²) in [4.78, 5) is 0. The van der Waals surface area contributed by atoms with Crippen LogP contribution in [-0.4, -0.2) is 19.3 Å². The summed E-state index contributed by atoms with van der Waals surface area (Å²) in [6.45, 7) is 4.77. The highest BCUT2D eigenvalue weighted by molar-refractivity contribution is 5.49. The molecule has 2 heteroatoms. The van der Waals surface area contributed by atoms with Gasteiger partial charge in [-0.1, -0.05) is 43.4 Å². The molecule has 0 amide bonds. The highest BCUT2D eigenvalue weighted by Crippen LogP contribution is 2.21. The molecule has 0 bridgehead atoms. The molecule has 0 aliphatic heterocycles. The second kappa shape index (κ2) is 7.08. The van der Waals surface area contributed by atoms with Crippen LogP contribution in [0.5, 0.6) is 0 Å². The molecule has 1 atom stereocenters. The standard InChI is InChI=1S/C16H23NO/c1-5-7-12-16(6-2,13-18-4)17-15-10-8-14(3)9-11-15/h2,8-11,17H,5,7,12-13H2,1,3-4H3. The number of ether oxygens (including phenoxy) is 1. The van der Waals surface area contributed by atoms with Gasteiger partial charge in [-0.15, -0.1) is 6.42 Å². The molecule has 1 N–H and O–H groups in total. The van der Waals surface area contributed by atoms with E-state index in [1.54, 1.807) is 7.11 Å². The topological polar surface area (TPSA) is 21.3 Å². The van der Waals surface area contributed by atoms with Gasteiger partial charge in [-0.2, -0.15) is 0 Å². The molecular weight excluding hydrogens is 222 g/mol. The third-order valence-corrected chi connectivity index (χ3v) is 3.06. The first-order valence-corrected chi connectivity index (χ1v) is 6.47. The number of rotatable bonds is 7. The summed E-state index contributed by atoms with van der Waals surface area (Å²) in [5, 5.41) is 3.44. The molecule has 0 saturated heterocycles. The minimum Gasteiger partial charge on any atom is -0.381 e. The number of anilines is 1. The van der Waals surface area contributed by atoms with E-state index in [9.17, 15) is 0 Å². The van der Waals surface area contributed by atoms with Crippen molar-refractivity contribution in [2.75, 3.05) is 19.0 Å². The predicted molar refractivity (Wildman–Crippen MR) is 77.8 cm³/mol. The lowest BCUT2D eigenvalue weighted by atomic mass is 9.94. The van der Waals surface area contributed by atoms with E-state index >= 15 is 0 Å². The van der Waals surface area contributed by atoms with Crippen LogP contribution in [0.4, 0.5) is 5.69 Å². The van der Waals surface area contributed by atoms with E-state index < -0.39 is 5.54 Å². The fourth-order valence-corrected chi connectivity index (χ4v) is 1.96. The van der Waals surface area contributed by atoms with Gasteiger partial charge in [-0.3, -0.25) is 0 Å². The van der Waals surface area contributed by atoms with Crippen molar-refractivity contribution in [3.63, 3.8) is 0 Å². The normalized spacial score (nSPS) is 13.7. The lowest BCUT2D eigenvalue weighted by Gasteiger charge is -2.30. The molecule has 0 aromatic heterocycles. The van der Waals surface area contributed by atoms with E-state index in [0.29, 0.717) is 6.61 Å². The third-order valence-electron chi connectivity index (χ3n) is 3.06. The van der Waals surface area contributed by atoms with E-state index in [0.717, 1.165) is 24.9 Å². The predicted octanol–water partition coefficient (Wildman–Crippen LogP) is 3.62. The van der Waals surface area contributed by atoms with Gasteiger partial charge in [0.2, 0.25) is 0 Å². The molecule has 0 heterocycles. The molecule has 18 heavy (non-hydrogen) atoms. The number of benzene rings is 1. The Bertz CT molecular complexity index is 391. The number of hydrogen-bond donors (Lipinski definition) is 1. The van der Waals surface area contributed by atoms with Crippen LogP contribution in [0.2, 0.25) is 0 Å². The third kappa shape index (κ3) is 4.09. The summed E-state index contributed by atoms with van der Waals surface area (Å²) in [7, 11) is 1.69. The Labute approximate surface area is 111 Å². The first-order chi connectivity index (χ1) is 8.65. The van der Waals surface area contributed by atoms with Crippen LogP contribution >= 0.6 is 0 Å². The monoisotopic (exact) mass is 245 g/mol. The van der Waals surface area contributed by atoms with E-state index in [4.69, 9.17) is 11.2 Å². The maximum Gasteiger partial charge on any atom is 0.122 e. The summed E-state index contributed by atoms with van der Waals surface area (Å²) in [5.74, 6) is 2.88. The number of methoxy groups -OCH3 is 1. The lowest BCUT2D eigenvalue weighted by molar-refractivity contribution is 0.160. The summed E-state index contributed by atoms with van der Waals surface area (Å²) >= 11 is 0. The maximum absolute atomic E-state index is 5.72. The van der Waals surface area contributed by atoms with E-state index in [1.165, 1.54) is 5.56 Å². The molecule has 0 aliphatic rings. The van der Waals surface area contributed by atoms with Crippen LogP contribution < -0.4 is 5.32 Å². The minimum absolute atomic E-state index is 0.403. The quantitative estimate of drug-likeness (QED) is 0.741. The van der Waals surface area contributed by atoms with Gasteiger partial charge < -0.3 is 10.1 Å². The number of terminal acetylenes is 1. The molecule has 0 spiro atoms. The Morgan fingerprint density at radius 2 is 2.00 bits per heavy atom. The van der Waals surface area contributed by atoms with Gasteiger partial charge in [-0.25, -0.2) is 0 Å². The van der Waals surface area contributed by atoms with Crippen molar-refractivity contribution in [3.05, 3.63) is 29.8 Å². The second-order valence-corrected chi connectivity index (χ2v) is 4.75. The molecule has 0 aliphatic carbocycles. The number of unbranched alkanes of at least 4 members (excludes halogenated alkanes) is 1. The molecular formula is C16H23NO. The zero-order valence-electron chi connectivity index (χ0n) is 11.6. The van der Waals surface area contributed by atoms with Gasteiger partial charge in [0.15, 0.2) is 0 Å². The lowest BCUT2D eigenvalue weighted by Crippen LogP contribution is -2.41. The molecule has 1 aromatic rings. The first kappa shape index (κ1) is 14.6. The summed E-state index contributed by atoms with van der Waals surface area (Å²) in [6.07, 6.45) is 8.86. The van der Waals surface area contributed by atoms with Crippen LogP contribution in [-0.2, 0) is 4.74 Å². The van der Waals surface area contributed by atoms with Crippen molar-refractivity contribution in [2.45, 2.75) is 38.6 Å². The first-order valence-electron chi connectivity index (χ1n) is 6.47. The molecule has 98 valence electrons. The van der Waals surface area contributed by atoms with Crippen molar-refractivity contribution in [3.8, 4) is 12.3 Å². The van der Waals surface area contributed by atoms with Crippen LogP contribution in [0.25, 0.3) is 0 Å². The fraction of sp³-hybridized carbons (Fsp3) is 0.500. The van der Waals surface area contributed by atoms with Crippen LogP contribution in [0.1, 0.15) is 31.7 Å². The van der Waals surface area contributed by atoms with Crippen molar-refractivity contribution >= 4 is 5.69 Å². The van der Waals surface area contributed by atoms with E-state index in [1.807, 2.05) is 0 Å². The Morgan fingerprint density at radius 3 is 2.50 bits per heavy atom. The number of aryl methyl sites for hydroxylation is 1. The van der Waals surface area contributed by atoms with Crippen LogP contribution in [0.15, 0.2) is 24.3 Å². The zero-order chi connectivity index (χ0) is 13.4. The molecule has 2 nitrogen and oxygen atoms in total. The average Bonchev–Trinajstić information content (AvgIpc) is 2.39. The smallest absolute Gasteiger partial charge is 0.122 e. The Balaban J connectivity index is 2.82. The minimum atomic E-state index is -0.403.